The third-order valence-corrected chi connectivity index (χ3v) is 8.60. The van der Waals surface area contributed by atoms with Crippen LogP contribution in [0.1, 0.15) is 65.7 Å². The first-order valence-corrected chi connectivity index (χ1v) is 9.67. The van der Waals surface area contributed by atoms with Gasteiger partial charge in [-0.1, -0.05) is 25.5 Å². The van der Waals surface area contributed by atoms with E-state index in [2.05, 4.69) is 26.0 Å². The van der Waals surface area contributed by atoms with Crippen LogP contribution >= 0.6 is 0 Å². The van der Waals surface area contributed by atoms with Crippen molar-refractivity contribution in [3.63, 3.8) is 0 Å². The summed E-state index contributed by atoms with van der Waals surface area (Å²) in [6.07, 6.45) is 12.2. The molecule has 3 fully saturated rings. The van der Waals surface area contributed by atoms with E-state index in [1.165, 1.54) is 13.5 Å². The molecule has 1 N–H and O–H groups in total. The monoisotopic (exact) mass is 332 g/mol. The highest BCUT2D eigenvalue weighted by atomic mass is 16.5. The van der Waals surface area contributed by atoms with Gasteiger partial charge in [-0.25, -0.2) is 0 Å². The lowest BCUT2D eigenvalue weighted by Crippen LogP contribution is -2.57. The lowest BCUT2D eigenvalue weighted by atomic mass is 9.42. The number of aliphatic hydroxyl groups is 1. The Morgan fingerprint density at radius 1 is 1.17 bits per heavy atom. The Morgan fingerprint density at radius 3 is 2.62 bits per heavy atom. The number of esters is 1. The fraction of sp³-hybridized carbons (Fsp3) is 0.857. The van der Waals surface area contributed by atoms with Gasteiger partial charge in [0.1, 0.15) is 0 Å². The number of rotatable bonds is 1. The number of ether oxygens (including phenoxy) is 1. The maximum absolute atomic E-state index is 12.6. The van der Waals surface area contributed by atoms with Crippen molar-refractivity contribution in [2.75, 3.05) is 7.11 Å². The Morgan fingerprint density at radius 2 is 1.92 bits per heavy atom. The molecule has 0 saturated heterocycles. The Hall–Kier alpha value is -0.830. The van der Waals surface area contributed by atoms with Gasteiger partial charge in [0.15, 0.2) is 0 Å². The smallest absolute Gasteiger partial charge is 0.311 e. The Balaban J connectivity index is 1.75. The maximum atomic E-state index is 12.6. The molecule has 7 atom stereocenters. The average molecular weight is 332 g/mol. The lowest BCUT2D eigenvalue weighted by molar-refractivity contribution is -0.177. The third-order valence-electron chi connectivity index (χ3n) is 8.60. The van der Waals surface area contributed by atoms with E-state index in [4.69, 9.17) is 4.74 Å². The summed E-state index contributed by atoms with van der Waals surface area (Å²) in [7, 11) is 1.53. The minimum Gasteiger partial charge on any atom is -0.469 e. The van der Waals surface area contributed by atoms with Crippen LogP contribution in [0.5, 0.6) is 0 Å². The molecular weight excluding hydrogens is 300 g/mol. The molecular formula is C21H32O3. The van der Waals surface area contributed by atoms with Crippen LogP contribution in [0.3, 0.4) is 0 Å². The molecule has 4 aliphatic rings. The highest BCUT2D eigenvalue weighted by Crippen LogP contribution is 2.71. The number of methoxy groups -OCH3 is 1. The third kappa shape index (κ3) is 1.91. The molecule has 0 heterocycles. The molecule has 0 amide bonds. The molecule has 0 unspecified atom stereocenters. The summed E-state index contributed by atoms with van der Waals surface area (Å²) in [6, 6.07) is 0. The van der Waals surface area contributed by atoms with Crippen molar-refractivity contribution < 1.29 is 14.6 Å². The van der Waals surface area contributed by atoms with Crippen molar-refractivity contribution in [3.8, 4) is 0 Å². The maximum Gasteiger partial charge on any atom is 0.311 e. The molecule has 3 nitrogen and oxygen atoms in total. The van der Waals surface area contributed by atoms with Crippen LogP contribution in [-0.2, 0) is 9.53 Å². The van der Waals surface area contributed by atoms with E-state index in [0.717, 1.165) is 38.5 Å². The van der Waals surface area contributed by atoms with Crippen molar-refractivity contribution in [2.24, 2.45) is 34.0 Å². The van der Waals surface area contributed by atoms with Crippen LogP contribution in [0, 0.1) is 34.0 Å². The van der Waals surface area contributed by atoms with Gasteiger partial charge >= 0.3 is 5.97 Å². The summed E-state index contributed by atoms with van der Waals surface area (Å²) < 4.78 is 5.22. The molecule has 1 spiro atoms. The van der Waals surface area contributed by atoms with E-state index >= 15 is 0 Å². The first-order valence-electron chi connectivity index (χ1n) is 9.67. The molecule has 0 aromatic carbocycles. The molecule has 0 aromatic rings. The fourth-order valence-electron chi connectivity index (χ4n) is 7.64. The second-order valence-corrected chi connectivity index (χ2v) is 9.93. The summed E-state index contributed by atoms with van der Waals surface area (Å²) in [5.74, 6) is 1.15. The summed E-state index contributed by atoms with van der Waals surface area (Å²) in [5.41, 5.74) is -0.534. The normalized spacial score (nSPS) is 55.6. The van der Waals surface area contributed by atoms with Crippen molar-refractivity contribution in [1.82, 2.24) is 0 Å². The van der Waals surface area contributed by atoms with Crippen LogP contribution < -0.4 is 0 Å². The number of hydrogen-bond donors (Lipinski definition) is 1. The van der Waals surface area contributed by atoms with Gasteiger partial charge in [0.25, 0.3) is 0 Å². The van der Waals surface area contributed by atoms with Gasteiger partial charge in [0.05, 0.1) is 18.1 Å². The number of carbonyl (C=O) groups is 1. The highest BCUT2D eigenvalue weighted by molar-refractivity contribution is 5.77. The molecule has 3 saturated carbocycles. The van der Waals surface area contributed by atoms with E-state index in [1.54, 1.807) is 0 Å². The van der Waals surface area contributed by atoms with Gasteiger partial charge < -0.3 is 9.84 Å². The van der Waals surface area contributed by atoms with Gasteiger partial charge in [-0.2, -0.15) is 0 Å². The van der Waals surface area contributed by atoms with Gasteiger partial charge in [-0.05, 0) is 75.0 Å². The fourth-order valence-corrected chi connectivity index (χ4v) is 7.64. The quantitative estimate of drug-likeness (QED) is 0.581. The van der Waals surface area contributed by atoms with Crippen molar-refractivity contribution in [2.45, 2.75) is 71.3 Å². The number of allylic oxidation sites excluding steroid dienone is 1. The SMILES string of the molecule is COC(=O)[C@]1(C)CCC[C@@]2(C)[C@@H]3C=C[C@@H]4C[C@@]3(CC[C@@H]21)C[C@@]4(C)O. The van der Waals surface area contributed by atoms with Crippen LogP contribution in [0.25, 0.3) is 0 Å². The van der Waals surface area contributed by atoms with Crippen LogP contribution in [0.15, 0.2) is 12.2 Å². The van der Waals surface area contributed by atoms with Crippen molar-refractivity contribution in [3.05, 3.63) is 12.2 Å². The summed E-state index contributed by atoms with van der Waals surface area (Å²) in [4.78, 5) is 12.6. The van der Waals surface area contributed by atoms with Crippen LogP contribution in [0.2, 0.25) is 0 Å². The van der Waals surface area contributed by atoms with Crippen LogP contribution in [0.4, 0.5) is 0 Å². The second kappa shape index (κ2) is 4.87. The van der Waals surface area contributed by atoms with Crippen molar-refractivity contribution in [1.29, 1.82) is 0 Å². The van der Waals surface area contributed by atoms with Gasteiger partial charge in [0.2, 0.25) is 0 Å². The molecule has 24 heavy (non-hydrogen) atoms. The van der Waals surface area contributed by atoms with Crippen molar-refractivity contribution >= 4 is 5.97 Å². The first-order chi connectivity index (χ1) is 11.2. The minimum absolute atomic E-state index is 0.0227. The predicted octanol–water partition coefficient (Wildman–Crippen LogP) is 4.10. The summed E-state index contributed by atoms with van der Waals surface area (Å²) in [5, 5.41) is 10.9. The molecule has 134 valence electrons. The number of carbonyl (C=O) groups excluding carboxylic acids is 1. The molecule has 3 heteroatoms. The van der Waals surface area contributed by atoms with Gasteiger partial charge in [-0.15, -0.1) is 0 Å². The topological polar surface area (TPSA) is 46.5 Å². The van der Waals surface area contributed by atoms with E-state index < -0.39 is 5.60 Å². The number of fused-ring (bicyclic) bond motifs is 3. The highest BCUT2D eigenvalue weighted by Gasteiger charge is 2.66. The lowest BCUT2D eigenvalue weighted by Gasteiger charge is -2.62. The van der Waals surface area contributed by atoms with Crippen LogP contribution in [-0.4, -0.2) is 23.8 Å². The Labute approximate surface area is 145 Å². The molecule has 2 bridgehead atoms. The summed E-state index contributed by atoms with van der Waals surface area (Å²) >= 11 is 0. The molecule has 0 aromatic heterocycles. The molecule has 0 radical (unpaired) electrons. The molecule has 0 aliphatic heterocycles. The van der Waals surface area contributed by atoms with E-state index in [-0.39, 0.29) is 22.2 Å². The zero-order chi connectivity index (χ0) is 17.4. The van der Waals surface area contributed by atoms with E-state index in [9.17, 15) is 9.90 Å². The average Bonchev–Trinajstić information content (AvgIpc) is 2.70. The standard InChI is InChI=1S/C21H32O3/c1-18-9-5-10-19(2,17(22)24-4)15(18)8-11-21-12-14(6-7-16(18)21)20(3,23)13-21/h6-7,14-16,23H,5,8-13H2,1-4H3/t14-,15+,16+,18-,19-,20-,21+/m1/s1. The number of hydrogen-bond acceptors (Lipinski definition) is 3. The van der Waals surface area contributed by atoms with Gasteiger partial charge in [-0.3, -0.25) is 4.79 Å². The van der Waals surface area contributed by atoms with Gasteiger partial charge in [0, 0.05) is 5.92 Å². The first kappa shape index (κ1) is 16.6. The second-order valence-electron chi connectivity index (χ2n) is 9.93. The summed E-state index contributed by atoms with van der Waals surface area (Å²) in [6.45, 7) is 6.58. The van der Waals surface area contributed by atoms with E-state index in [0.29, 0.717) is 17.8 Å². The largest absolute Gasteiger partial charge is 0.469 e. The zero-order valence-electron chi connectivity index (χ0n) is 15.6. The zero-order valence-corrected chi connectivity index (χ0v) is 15.6. The molecule has 4 aliphatic carbocycles. The van der Waals surface area contributed by atoms with E-state index in [1.807, 2.05) is 6.92 Å². The molecule has 4 rings (SSSR count). The minimum atomic E-state index is -0.561. The Bertz CT molecular complexity index is 594. The Kier molecular flexibility index (Phi) is 3.37. The predicted molar refractivity (Wildman–Crippen MR) is 93.2 cm³/mol.